The Kier molecular flexibility index (Phi) is 5.05. The number of benzene rings is 1. The highest BCUT2D eigenvalue weighted by molar-refractivity contribution is 5.76. The smallest absolute Gasteiger partial charge is 0.227 e. The van der Waals surface area contributed by atoms with Crippen LogP contribution in [0, 0.1) is 6.92 Å². The van der Waals surface area contributed by atoms with Gasteiger partial charge in [-0.3, -0.25) is 4.79 Å². The van der Waals surface area contributed by atoms with Gasteiger partial charge in [0.1, 0.15) is 0 Å². The minimum atomic E-state index is 0.197. The molecule has 2 heterocycles. The predicted octanol–water partition coefficient (Wildman–Crippen LogP) is 3.38. The number of amides is 1. The lowest BCUT2D eigenvalue weighted by Crippen LogP contribution is -2.31. The molecule has 1 aliphatic heterocycles. The number of aromatic nitrogens is 2. The van der Waals surface area contributed by atoms with Crippen LogP contribution in [0.1, 0.15) is 43.6 Å². The quantitative estimate of drug-likeness (QED) is 0.868. The molecule has 5 nitrogen and oxygen atoms in total. The summed E-state index contributed by atoms with van der Waals surface area (Å²) in [5, 5.41) is 4.04. The van der Waals surface area contributed by atoms with E-state index in [9.17, 15) is 4.79 Å². The predicted molar refractivity (Wildman–Crippen MR) is 87.8 cm³/mol. The molecule has 0 bridgehead atoms. The zero-order valence-electron chi connectivity index (χ0n) is 13.6. The SMILES string of the molecule is Cc1ccccc1-c1noc(CCC(=O)N2CCCCCC2)n1. The van der Waals surface area contributed by atoms with Crippen LogP contribution in [0.25, 0.3) is 11.4 Å². The number of carbonyl (C=O) groups is 1. The zero-order valence-corrected chi connectivity index (χ0v) is 13.6. The zero-order chi connectivity index (χ0) is 16.1. The Bertz CT molecular complexity index is 658. The summed E-state index contributed by atoms with van der Waals surface area (Å²) in [6, 6.07) is 7.95. The number of hydrogen-bond acceptors (Lipinski definition) is 4. The van der Waals surface area contributed by atoms with E-state index in [1.165, 1.54) is 12.8 Å². The second kappa shape index (κ2) is 7.40. The molecule has 1 fully saturated rings. The maximum absolute atomic E-state index is 12.3. The second-order valence-electron chi connectivity index (χ2n) is 6.12. The van der Waals surface area contributed by atoms with E-state index in [1.54, 1.807) is 0 Å². The lowest BCUT2D eigenvalue weighted by molar-refractivity contribution is -0.131. The van der Waals surface area contributed by atoms with Crippen molar-refractivity contribution in [3.8, 4) is 11.4 Å². The Labute approximate surface area is 136 Å². The van der Waals surface area contributed by atoms with Crippen molar-refractivity contribution in [2.75, 3.05) is 13.1 Å². The molecule has 23 heavy (non-hydrogen) atoms. The molecule has 0 spiro atoms. The summed E-state index contributed by atoms with van der Waals surface area (Å²) in [4.78, 5) is 18.7. The fourth-order valence-electron chi connectivity index (χ4n) is 2.98. The van der Waals surface area contributed by atoms with Gasteiger partial charge in [-0.2, -0.15) is 4.98 Å². The van der Waals surface area contributed by atoms with Crippen LogP contribution >= 0.6 is 0 Å². The monoisotopic (exact) mass is 313 g/mol. The van der Waals surface area contributed by atoms with E-state index in [1.807, 2.05) is 36.1 Å². The van der Waals surface area contributed by atoms with Gasteiger partial charge in [0.2, 0.25) is 17.6 Å². The van der Waals surface area contributed by atoms with E-state index < -0.39 is 0 Å². The van der Waals surface area contributed by atoms with Crippen molar-refractivity contribution < 1.29 is 9.32 Å². The van der Waals surface area contributed by atoms with Crippen molar-refractivity contribution in [2.45, 2.75) is 45.4 Å². The van der Waals surface area contributed by atoms with Crippen LogP contribution in [0.5, 0.6) is 0 Å². The molecule has 2 aromatic rings. The van der Waals surface area contributed by atoms with Crippen molar-refractivity contribution in [1.82, 2.24) is 15.0 Å². The first-order valence-electron chi connectivity index (χ1n) is 8.40. The van der Waals surface area contributed by atoms with E-state index in [4.69, 9.17) is 4.52 Å². The number of hydrogen-bond donors (Lipinski definition) is 0. The molecular formula is C18H23N3O2. The van der Waals surface area contributed by atoms with Gasteiger partial charge in [-0.15, -0.1) is 0 Å². The summed E-state index contributed by atoms with van der Waals surface area (Å²) in [5.74, 6) is 1.33. The largest absolute Gasteiger partial charge is 0.343 e. The van der Waals surface area contributed by atoms with E-state index in [-0.39, 0.29) is 5.91 Å². The van der Waals surface area contributed by atoms with Gasteiger partial charge < -0.3 is 9.42 Å². The number of likely N-dealkylation sites (tertiary alicyclic amines) is 1. The van der Waals surface area contributed by atoms with Gasteiger partial charge in [0.05, 0.1) is 0 Å². The number of aryl methyl sites for hydroxylation is 2. The number of rotatable bonds is 4. The lowest BCUT2D eigenvalue weighted by atomic mass is 10.1. The van der Waals surface area contributed by atoms with E-state index in [0.29, 0.717) is 24.6 Å². The molecule has 5 heteroatoms. The summed E-state index contributed by atoms with van der Waals surface area (Å²) in [7, 11) is 0. The Morgan fingerprint density at radius 2 is 1.91 bits per heavy atom. The highest BCUT2D eigenvalue weighted by Gasteiger charge is 2.17. The van der Waals surface area contributed by atoms with Gasteiger partial charge in [0, 0.05) is 31.5 Å². The van der Waals surface area contributed by atoms with Gasteiger partial charge in [0.15, 0.2) is 0 Å². The highest BCUT2D eigenvalue weighted by Crippen LogP contribution is 2.20. The third-order valence-electron chi connectivity index (χ3n) is 4.37. The van der Waals surface area contributed by atoms with Crippen LogP contribution in [0.2, 0.25) is 0 Å². The lowest BCUT2D eigenvalue weighted by Gasteiger charge is -2.19. The van der Waals surface area contributed by atoms with Crippen molar-refractivity contribution in [1.29, 1.82) is 0 Å². The first kappa shape index (κ1) is 15.7. The topological polar surface area (TPSA) is 59.2 Å². The molecule has 1 aliphatic rings. The second-order valence-corrected chi connectivity index (χ2v) is 6.12. The molecule has 0 unspecified atom stereocenters. The first-order chi connectivity index (χ1) is 11.2. The number of carbonyl (C=O) groups excluding carboxylic acids is 1. The van der Waals surface area contributed by atoms with Crippen molar-refractivity contribution in [3.05, 3.63) is 35.7 Å². The van der Waals surface area contributed by atoms with Crippen molar-refractivity contribution >= 4 is 5.91 Å². The van der Waals surface area contributed by atoms with Crippen LogP contribution in [-0.4, -0.2) is 34.0 Å². The molecule has 1 amide bonds. The van der Waals surface area contributed by atoms with Crippen LogP contribution in [0.15, 0.2) is 28.8 Å². The molecule has 0 N–H and O–H groups in total. The van der Waals surface area contributed by atoms with Crippen molar-refractivity contribution in [2.24, 2.45) is 0 Å². The molecule has 0 aliphatic carbocycles. The maximum atomic E-state index is 12.3. The van der Waals surface area contributed by atoms with Gasteiger partial charge in [-0.1, -0.05) is 42.3 Å². The van der Waals surface area contributed by atoms with Gasteiger partial charge >= 0.3 is 0 Å². The Hall–Kier alpha value is -2.17. The van der Waals surface area contributed by atoms with Crippen LogP contribution < -0.4 is 0 Å². The van der Waals surface area contributed by atoms with Crippen LogP contribution in [0.4, 0.5) is 0 Å². The molecule has 1 saturated heterocycles. The standard InChI is InChI=1S/C18H23N3O2/c1-14-8-4-5-9-15(14)18-19-16(23-20-18)10-11-17(22)21-12-6-2-3-7-13-21/h4-5,8-9H,2-3,6-7,10-13H2,1H3. The third-order valence-corrected chi connectivity index (χ3v) is 4.37. The molecule has 0 saturated carbocycles. The molecule has 0 radical (unpaired) electrons. The fraction of sp³-hybridized carbons (Fsp3) is 0.500. The Morgan fingerprint density at radius 3 is 2.65 bits per heavy atom. The highest BCUT2D eigenvalue weighted by atomic mass is 16.5. The minimum Gasteiger partial charge on any atom is -0.343 e. The van der Waals surface area contributed by atoms with Gasteiger partial charge in [-0.05, 0) is 25.3 Å². The van der Waals surface area contributed by atoms with Crippen LogP contribution in [0.3, 0.4) is 0 Å². The molecule has 1 aromatic carbocycles. The summed E-state index contributed by atoms with van der Waals surface area (Å²) in [5.41, 5.74) is 2.09. The Balaban J connectivity index is 1.59. The van der Waals surface area contributed by atoms with Crippen LogP contribution in [-0.2, 0) is 11.2 Å². The summed E-state index contributed by atoms with van der Waals surface area (Å²) >= 11 is 0. The normalized spacial score (nSPS) is 15.4. The van der Waals surface area contributed by atoms with E-state index in [0.717, 1.165) is 37.1 Å². The van der Waals surface area contributed by atoms with Crippen molar-refractivity contribution in [3.63, 3.8) is 0 Å². The fourth-order valence-corrected chi connectivity index (χ4v) is 2.98. The first-order valence-corrected chi connectivity index (χ1v) is 8.40. The van der Waals surface area contributed by atoms with Gasteiger partial charge in [0.25, 0.3) is 0 Å². The maximum Gasteiger partial charge on any atom is 0.227 e. The molecule has 1 aromatic heterocycles. The average molecular weight is 313 g/mol. The number of nitrogens with zero attached hydrogens (tertiary/aromatic N) is 3. The molecule has 3 rings (SSSR count). The molecule has 122 valence electrons. The summed E-state index contributed by atoms with van der Waals surface area (Å²) < 4.78 is 5.30. The van der Waals surface area contributed by atoms with E-state index in [2.05, 4.69) is 10.1 Å². The molecular weight excluding hydrogens is 290 g/mol. The minimum absolute atomic E-state index is 0.197. The van der Waals surface area contributed by atoms with Gasteiger partial charge in [-0.25, -0.2) is 0 Å². The van der Waals surface area contributed by atoms with E-state index >= 15 is 0 Å². The summed E-state index contributed by atoms with van der Waals surface area (Å²) in [6.07, 6.45) is 5.64. The summed E-state index contributed by atoms with van der Waals surface area (Å²) in [6.45, 7) is 3.79. The average Bonchev–Trinajstić information content (AvgIpc) is 2.86. The Morgan fingerprint density at radius 1 is 1.17 bits per heavy atom. The third kappa shape index (κ3) is 3.97. The molecule has 0 atom stereocenters.